The highest BCUT2D eigenvalue weighted by atomic mass is 16.5. The van der Waals surface area contributed by atoms with Crippen molar-refractivity contribution in [3.63, 3.8) is 0 Å². The second kappa shape index (κ2) is 5.92. The molecule has 29 heavy (non-hydrogen) atoms. The van der Waals surface area contributed by atoms with E-state index in [0.29, 0.717) is 36.4 Å². The van der Waals surface area contributed by atoms with E-state index in [0.717, 1.165) is 11.3 Å². The van der Waals surface area contributed by atoms with Crippen LogP contribution >= 0.6 is 0 Å². The first-order valence-electron chi connectivity index (χ1n) is 9.86. The van der Waals surface area contributed by atoms with Gasteiger partial charge in [-0.05, 0) is 49.7 Å². The van der Waals surface area contributed by atoms with Gasteiger partial charge in [-0.25, -0.2) is 0 Å². The van der Waals surface area contributed by atoms with Crippen molar-refractivity contribution in [1.29, 1.82) is 0 Å². The molecule has 1 atom stereocenters. The second-order valence-corrected chi connectivity index (χ2v) is 8.70. The number of rotatable bonds is 1. The van der Waals surface area contributed by atoms with Gasteiger partial charge in [0, 0.05) is 24.2 Å². The maximum atomic E-state index is 13.2. The Morgan fingerprint density at radius 3 is 2.76 bits per heavy atom. The zero-order chi connectivity index (χ0) is 20.4. The quantitative estimate of drug-likeness (QED) is 0.812. The van der Waals surface area contributed by atoms with Crippen LogP contribution in [0.4, 0.5) is 5.69 Å². The van der Waals surface area contributed by atoms with Crippen LogP contribution in [0.5, 0.6) is 5.75 Å². The highest BCUT2D eigenvalue weighted by Gasteiger charge is 2.47. The number of benzene rings is 2. The zero-order valence-corrected chi connectivity index (χ0v) is 16.5. The number of ketones is 1. The Morgan fingerprint density at radius 2 is 1.93 bits per heavy atom. The Bertz CT molecular complexity index is 1070. The molecule has 6 nitrogen and oxygen atoms in total. The van der Waals surface area contributed by atoms with Crippen LogP contribution in [-0.4, -0.2) is 41.2 Å². The van der Waals surface area contributed by atoms with Gasteiger partial charge < -0.3 is 15.0 Å². The van der Waals surface area contributed by atoms with Crippen molar-refractivity contribution in [3.8, 4) is 5.75 Å². The smallest absolute Gasteiger partial charge is 0.254 e. The summed E-state index contributed by atoms with van der Waals surface area (Å²) in [5.41, 5.74) is 1.43. The van der Waals surface area contributed by atoms with Crippen molar-refractivity contribution < 1.29 is 19.1 Å². The van der Waals surface area contributed by atoms with Crippen LogP contribution in [0.1, 0.15) is 53.0 Å². The monoisotopic (exact) mass is 390 g/mol. The number of Topliss-reactive ketones (excluding diaryl/α,β-unsaturated/α-hetero) is 1. The van der Waals surface area contributed by atoms with Gasteiger partial charge in [-0.3, -0.25) is 14.4 Å². The average Bonchev–Trinajstić information content (AvgIpc) is 3.19. The van der Waals surface area contributed by atoms with Gasteiger partial charge in [0.05, 0.1) is 23.9 Å². The lowest BCUT2D eigenvalue weighted by atomic mass is 9.85. The molecular weight excluding hydrogens is 368 g/mol. The molecular formula is C23H22N2O4. The fraction of sp³-hybridized carbons (Fsp3) is 0.348. The molecule has 1 spiro atoms. The maximum absolute atomic E-state index is 13.2. The van der Waals surface area contributed by atoms with E-state index in [1.54, 1.807) is 23.1 Å². The summed E-state index contributed by atoms with van der Waals surface area (Å²) in [5.74, 6) is 0.492. The van der Waals surface area contributed by atoms with Gasteiger partial charge in [0.25, 0.3) is 5.91 Å². The molecule has 3 heterocycles. The van der Waals surface area contributed by atoms with Crippen molar-refractivity contribution in [2.45, 2.75) is 37.7 Å². The lowest BCUT2D eigenvalue weighted by Gasteiger charge is -2.34. The molecule has 3 aliphatic heterocycles. The SMILES string of the molecule is CC1(C)C(=O)Nc2ccc(C(=O)N3CCC4(CC(=O)c5ccccc5O4)C3)cc21. The fourth-order valence-corrected chi connectivity index (χ4v) is 4.58. The molecule has 2 amide bonds. The van der Waals surface area contributed by atoms with Gasteiger partial charge in [0.2, 0.25) is 5.91 Å². The van der Waals surface area contributed by atoms with Crippen LogP contribution in [0.15, 0.2) is 42.5 Å². The first-order valence-corrected chi connectivity index (χ1v) is 9.86. The molecule has 0 bridgehead atoms. The summed E-state index contributed by atoms with van der Waals surface area (Å²) in [6, 6.07) is 12.6. The summed E-state index contributed by atoms with van der Waals surface area (Å²) in [7, 11) is 0. The van der Waals surface area contributed by atoms with Gasteiger partial charge in [0.1, 0.15) is 11.4 Å². The highest BCUT2D eigenvalue weighted by molar-refractivity contribution is 6.07. The molecule has 5 rings (SSSR count). The fourth-order valence-electron chi connectivity index (χ4n) is 4.58. The number of carbonyl (C=O) groups excluding carboxylic acids is 3. The predicted molar refractivity (Wildman–Crippen MR) is 107 cm³/mol. The lowest BCUT2D eigenvalue weighted by molar-refractivity contribution is -0.119. The Labute approximate surface area is 168 Å². The van der Waals surface area contributed by atoms with Crippen LogP contribution in [-0.2, 0) is 10.2 Å². The van der Waals surface area contributed by atoms with E-state index < -0.39 is 11.0 Å². The molecule has 1 fully saturated rings. The Balaban J connectivity index is 1.39. The highest BCUT2D eigenvalue weighted by Crippen LogP contribution is 2.40. The van der Waals surface area contributed by atoms with Gasteiger partial charge in [-0.15, -0.1) is 0 Å². The van der Waals surface area contributed by atoms with Crippen molar-refractivity contribution >= 4 is 23.3 Å². The number of ether oxygens (including phenoxy) is 1. The predicted octanol–water partition coefficient (Wildman–Crippen LogP) is 3.17. The van der Waals surface area contributed by atoms with Gasteiger partial charge in [0.15, 0.2) is 5.78 Å². The molecule has 3 aliphatic rings. The van der Waals surface area contributed by atoms with Crippen LogP contribution in [0.3, 0.4) is 0 Å². The summed E-state index contributed by atoms with van der Waals surface area (Å²) in [4.78, 5) is 39.7. The Hall–Kier alpha value is -3.15. The minimum absolute atomic E-state index is 0.0602. The number of nitrogens with one attached hydrogen (secondary N) is 1. The van der Waals surface area contributed by atoms with E-state index in [1.165, 1.54) is 0 Å². The third kappa shape index (κ3) is 2.66. The number of nitrogens with zero attached hydrogens (tertiary/aromatic N) is 1. The number of fused-ring (bicyclic) bond motifs is 2. The van der Waals surface area contributed by atoms with Crippen molar-refractivity contribution in [3.05, 3.63) is 59.2 Å². The molecule has 1 saturated heterocycles. The minimum atomic E-state index is -0.666. The largest absolute Gasteiger partial charge is 0.484 e. The van der Waals surface area contributed by atoms with Crippen LogP contribution in [0, 0.1) is 0 Å². The summed E-state index contributed by atoms with van der Waals surface area (Å²) in [6.07, 6.45) is 0.902. The zero-order valence-electron chi connectivity index (χ0n) is 16.5. The minimum Gasteiger partial charge on any atom is -0.484 e. The van der Waals surface area contributed by atoms with Crippen LogP contribution in [0.25, 0.3) is 0 Å². The number of hydrogen-bond acceptors (Lipinski definition) is 4. The van der Waals surface area contributed by atoms with Crippen molar-refractivity contribution in [1.82, 2.24) is 4.90 Å². The van der Waals surface area contributed by atoms with Gasteiger partial charge in [-0.2, -0.15) is 0 Å². The first kappa shape index (κ1) is 17.9. The number of hydrogen-bond donors (Lipinski definition) is 1. The van der Waals surface area contributed by atoms with E-state index >= 15 is 0 Å². The molecule has 2 aromatic carbocycles. The van der Waals surface area contributed by atoms with Gasteiger partial charge in [-0.1, -0.05) is 12.1 Å². The first-order chi connectivity index (χ1) is 13.8. The lowest BCUT2D eigenvalue weighted by Crippen LogP contribution is -2.45. The van der Waals surface area contributed by atoms with E-state index in [2.05, 4.69) is 5.32 Å². The van der Waals surface area contributed by atoms with E-state index in [9.17, 15) is 14.4 Å². The third-order valence-corrected chi connectivity index (χ3v) is 6.36. The number of amides is 2. The summed E-state index contributed by atoms with van der Waals surface area (Å²) < 4.78 is 6.22. The van der Waals surface area contributed by atoms with E-state index in [1.807, 2.05) is 38.1 Å². The van der Waals surface area contributed by atoms with Gasteiger partial charge >= 0.3 is 0 Å². The molecule has 2 aromatic rings. The molecule has 0 saturated carbocycles. The third-order valence-electron chi connectivity index (χ3n) is 6.36. The van der Waals surface area contributed by atoms with Crippen molar-refractivity contribution in [2.24, 2.45) is 0 Å². The summed E-state index contributed by atoms with van der Waals surface area (Å²) >= 11 is 0. The molecule has 1 N–H and O–H groups in total. The molecule has 1 unspecified atom stereocenters. The molecule has 0 radical (unpaired) electrons. The average molecular weight is 390 g/mol. The number of anilines is 1. The number of para-hydroxylation sites is 1. The summed E-state index contributed by atoms with van der Waals surface area (Å²) in [6.45, 7) is 4.62. The Kier molecular flexibility index (Phi) is 3.66. The molecule has 148 valence electrons. The number of likely N-dealkylation sites (tertiary alicyclic amines) is 1. The second-order valence-electron chi connectivity index (χ2n) is 8.70. The van der Waals surface area contributed by atoms with E-state index in [4.69, 9.17) is 4.74 Å². The van der Waals surface area contributed by atoms with Crippen LogP contribution in [0.2, 0.25) is 0 Å². The normalized spacial score (nSPS) is 24.1. The molecule has 6 heteroatoms. The van der Waals surface area contributed by atoms with Crippen LogP contribution < -0.4 is 10.1 Å². The number of carbonyl (C=O) groups is 3. The standard InChI is InChI=1S/C23H22N2O4/c1-22(2)16-11-14(7-8-17(16)24-21(22)28)20(27)25-10-9-23(13-25)12-18(26)15-5-3-4-6-19(15)29-23/h3-8,11H,9-10,12-13H2,1-2H3,(H,24,28). The molecule has 0 aliphatic carbocycles. The molecule has 0 aromatic heterocycles. The maximum Gasteiger partial charge on any atom is 0.254 e. The topological polar surface area (TPSA) is 75.7 Å². The Morgan fingerprint density at radius 1 is 1.14 bits per heavy atom. The van der Waals surface area contributed by atoms with Crippen molar-refractivity contribution in [2.75, 3.05) is 18.4 Å². The summed E-state index contributed by atoms with van der Waals surface area (Å²) in [5, 5.41) is 2.86. The van der Waals surface area contributed by atoms with E-state index in [-0.39, 0.29) is 24.0 Å².